The Morgan fingerprint density at radius 2 is 1.78 bits per heavy atom. The molecule has 0 bridgehead atoms. The molecule has 2 aromatic carbocycles. The molecule has 2 aromatic rings. The van der Waals surface area contributed by atoms with E-state index in [1.807, 2.05) is 48.5 Å². The van der Waals surface area contributed by atoms with E-state index in [1.165, 1.54) is 0 Å². The highest BCUT2D eigenvalue weighted by molar-refractivity contribution is 6.09. The van der Waals surface area contributed by atoms with Crippen LogP contribution >= 0.6 is 0 Å². The van der Waals surface area contributed by atoms with Crippen molar-refractivity contribution in [1.29, 1.82) is 0 Å². The van der Waals surface area contributed by atoms with Gasteiger partial charge >= 0.3 is 0 Å². The van der Waals surface area contributed by atoms with E-state index in [4.69, 9.17) is 0 Å². The Morgan fingerprint density at radius 3 is 2.44 bits per heavy atom. The second kappa shape index (κ2) is 4.15. The summed E-state index contributed by atoms with van der Waals surface area (Å²) in [6, 6.07) is 15.6. The quantitative estimate of drug-likeness (QED) is 0.780. The van der Waals surface area contributed by atoms with Crippen molar-refractivity contribution in [2.45, 2.75) is 6.54 Å². The second-order valence-electron chi connectivity index (χ2n) is 4.34. The van der Waals surface area contributed by atoms with Crippen molar-refractivity contribution in [3.05, 3.63) is 71.8 Å². The smallest absolute Gasteiger partial charge is 0.258 e. The van der Waals surface area contributed by atoms with Crippen LogP contribution in [0.2, 0.25) is 0 Å². The lowest BCUT2D eigenvalue weighted by atomic mass is 10.1. The minimum absolute atomic E-state index is 0.0805. The number of carbonyl (C=O) groups excluding carboxylic acids is 1. The van der Waals surface area contributed by atoms with Crippen molar-refractivity contribution in [2.75, 3.05) is 4.90 Å². The molecule has 0 aliphatic carbocycles. The van der Waals surface area contributed by atoms with E-state index in [2.05, 4.69) is 6.58 Å². The SMILES string of the molecule is C=Cc1ccc(N2Cc3ccccc3C2=O)cc1. The van der Waals surface area contributed by atoms with Crippen LogP contribution in [-0.4, -0.2) is 5.91 Å². The maximum absolute atomic E-state index is 12.3. The van der Waals surface area contributed by atoms with Crippen LogP contribution in [0.15, 0.2) is 55.1 Å². The number of fused-ring (bicyclic) bond motifs is 1. The Bertz CT molecular complexity index is 613. The molecule has 1 amide bonds. The first-order valence-electron chi connectivity index (χ1n) is 5.92. The summed E-state index contributed by atoms with van der Waals surface area (Å²) >= 11 is 0. The van der Waals surface area contributed by atoms with Gasteiger partial charge in [-0.3, -0.25) is 4.79 Å². The lowest BCUT2D eigenvalue weighted by molar-refractivity contribution is 0.0996. The predicted octanol–water partition coefficient (Wildman–Crippen LogP) is 3.49. The largest absolute Gasteiger partial charge is 0.304 e. The first-order valence-corrected chi connectivity index (χ1v) is 5.92. The van der Waals surface area contributed by atoms with Crippen LogP contribution in [0.1, 0.15) is 21.5 Å². The highest BCUT2D eigenvalue weighted by atomic mass is 16.2. The van der Waals surface area contributed by atoms with E-state index < -0.39 is 0 Å². The molecule has 88 valence electrons. The van der Waals surface area contributed by atoms with E-state index in [-0.39, 0.29) is 5.91 Å². The van der Waals surface area contributed by atoms with E-state index in [9.17, 15) is 4.79 Å². The van der Waals surface area contributed by atoms with Crippen LogP contribution in [0.5, 0.6) is 0 Å². The molecular weight excluding hydrogens is 222 g/mol. The van der Waals surface area contributed by atoms with Gasteiger partial charge in [0.25, 0.3) is 5.91 Å². The normalized spacial score (nSPS) is 13.6. The van der Waals surface area contributed by atoms with Crippen LogP contribution < -0.4 is 4.90 Å². The summed E-state index contributed by atoms with van der Waals surface area (Å²) in [6.07, 6.45) is 1.80. The summed E-state index contributed by atoms with van der Waals surface area (Å²) in [4.78, 5) is 14.1. The molecule has 0 fully saturated rings. The van der Waals surface area contributed by atoms with Gasteiger partial charge < -0.3 is 4.90 Å². The molecule has 0 atom stereocenters. The Morgan fingerprint density at radius 1 is 1.06 bits per heavy atom. The van der Waals surface area contributed by atoms with Gasteiger partial charge in [-0.25, -0.2) is 0 Å². The van der Waals surface area contributed by atoms with Crippen LogP contribution in [-0.2, 0) is 6.54 Å². The van der Waals surface area contributed by atoms with Crippen LogP contribution in [0.3, 0.4) is 0 Å². The zero-order valence-electron chi connectivity index (χ0n) is 9.97. The van der Waals surface area contributed by atoms with Gasteiger partial charge in [0, 0.05) is 11.3 Å². The van der Waals surface area contributed by atoms with Crippen molar-refractivity contribution in [2.24, 2.45) is 0 Å². The zero-order chi connectivity index (χ0) is 12.5. The number of nitrogens with zero attached hydrogens (tertiary/aromatic N) is 1. The summed E-state index contributed by atoms with van der Waals surface area (Å²) in [5.74, 6) is 0.0805. The minimum Gasteiger partial charge on any atom is -0.304 e. The fraction of sp³-hybridized carbons (Fsp3) is 0.0625. The van der Waals surface area contributed by atoms with E-state index >= 15 is 0 Å². The molecule has 2 heteroatoms. The molecule has 0 radical (unpaired) electrons. The molecule has 2 nitrogen and oxygen atoms in total. The van der Waals surface area contributed by atoms with E-state index in [0.29, 0.717) is 6.54 Å². The molecule has 18 heavy (non-hydrogen) atoms. The molecule has 0 aromatic heterocycles. The van der Waals surface area contributed by atoms with Gasteiger partial charge in [0.05, 0.1) is 6.54 Å². The molecule has 0 unspecified atom stereocenters. The highest BCUT2D eigenvalue weighted by Crippen LogP contribution is 2.28. The van der Waals surface area contributed by atoms with E-state index in [1.54, 1.807) is 11.0 Å². The van der Waals surface area contributed by atoms with Gasteiger partial charge in [-0.1, -0.05) is 43.0 Å². The van der Waals surface area contributed by atoms with Gasteiger partial charge in [-0.05, 0) is 29.3 Å². The molecule has 0 saturated heterocycles. The van der Waals surface area contributed by atoms with Gasteiger partial charge in [0.15, 0.2) is 0 Å². The number of anilines is 1. The molecule has 1 aliphatic heterocycles. The topological polar surface area (TPSA) is 20.3 Å². The van der Waals surface area contributed by atoms with Crippen LogP contribution in [0, 0.1) is 0 Å². The first-order chi connectivity index (χ1) is 8.79. The molecule has 0 N–H and O–H groups in total. The van der Waals surface area contributed by atoms with Crippen molar-refractivity contribution in [3.63, 3.8) is 0 Å². The molecule has 0 saturated carbocycles. The Labute approximate surface area is 106 Å². The maximum atomic E-state index is 12.3. The lowest BCUT2D eigenvalue weighted by Crippen LogP contribution is -2.22. The second-order valence-corrected chi connectivity index (χ2v) is 4.34. The highest BCUT2D eigenvalue weighted by Gasteiger charge is 2.27. The third-order valence-electron chi connectivity index (χ3n) is 3.26. The van der Waals surface area contributed by atoms with Crippen LogP contribution in [0.25, 0.3) is 6.08 Å². The van der Waals surface area contributed by atoms with Crippen molar-refractivity contribution < 1.29 is 4.79 Å². The molecule has 1 heterocycles. The lowest BCUT2D eigenvalue weighted by Gasteiger charge is -2.15. The fourth-order valence-electron chi connectivity index (χ4n) is 2.25. The van der Waals surface area contributed by atoms with E-state index in [0.717, 1.165) is 22.4 Å². The number of rotatable bonds is 2. The molecular formula is C16H13NO. The molecule has 1 aliphatic rings. The number of hydrogen-bond acceptors (Lipinski definition) is 1. The van der Waals surface area contributed by atoms with Crippen LogP contribution in [0.4, 0.5) is 5.69 Å². The number of hydrogen-bond donors (Lipinski definition) is 0. The standard InChI is InChI=1S/C16H13NO/c1-2-12-7-9-14(10-8-12)17-11-13-5-3-4-6-15(13)16(17)18/h2-10H,1,11H2. The summed E-state index contributed by atoms with van der Waals surface area (Å²) in [5.41, 5.74) is 3.89. The Kier molecular flexibility index (Phi) is 2.49. The van der Waals surface area contributed by atoms with Gasteiger partial charge in [-0.15, -0.1) is 0 Å². The average Bonchev–Trinajstić information content (AvgIpc) is 2.77. The number of carbonyl (C=O) groups is 1. The summed E-state index contributed by atoms with van der Waals surface area (Å²) in [5, 5.41) is 0. The fourth-order valence-corrected chi connectivity index (χ4v) is 2.25. The summed E-state index contributed by atoms with van der Waals surface area (Å²) < 4.78 is 0. The number of amides is 1. The first kappa shape index (κ1) is 10.8. The van der Waals surface area contributed by atoms with Gasteiger partial charge in [0.1, 0.15) is 0 Å². The monoisotopic (exact) mass is 235 g/mol. The minimum atomic E-state index is 0.0805. The summed E-state index contributed by atoms with van der Waals surface area (Å²) in [7, 11) is 0. The molecule has 3 rings (SSSR count). The van der Waals surface area contributed by atoms with Crippen molar-refractivity contribution in [1.82, 2.24) is 0 Å². The Balaban J connectivity index is 1.96. The molecule has 0 spiro atoms. The van der Waals surface area contributed by atoms with Crippen molar-refractivity contribution >= 4 is 17.7 Å². The zero-order valence-corrected chi connectivity index (χ0v) is 9.97. The third-order valence-corrected chi connectivity index (χ3v) is 3.26. The summed E-state index contributed by atoms with van der Waals surface area (Å²) in [6.45, 7) is 4.38. The average molecular weight is 235 g/mol. The maximum Gasteiger partial charge on any atom is 0.258 e. The van der Waals surface area contributed by atoms with Gasteiger partial charge in [-0.2, -0.15) is 0 Å². The van der Waals surface area contributed by atoms with Crippen molar-refractivity contribution in [3.8, 4) is 0 Å². The van der Waals surface area contributed by atoms with Gasteiger partial charge in [0.2, 0.25) is 0 Å². The number of benzene rings is 2. The third kappa shape index (κ3) is 1.63. The Hall–Kier alpha value is -2.35. The predicted molar refractivity (Wildman–Crippen MR) is 73.5 cm³/mol.